The molecule has 6 nitrogen and oxygen atoms in total. The van der Waals surface area contributed by atoms with Gasteiger partial charge in [0, 0.05) is 20.3 Å². The van der Waals surface area contributed by atoms with Crippen molar-refractivity contribution in [1.82, 2.24) is 9.21 Å². The van der Waals surface area contributed by atoms with Crippen LogP contribution >= 0.6 is 11.8 Å². The average Bonchev–Trinajstić information content (AvgIpc) is 2.81. The van der Waals surface area contributed by atoms with Gasteiger partial charge in [-0.3, -0.25) is 9.79 Å². The van der Waals surface area contributed by atoms with Gasteiger partial charge in [0.05, 0.1) is 16.3 Å². The van der Waals surface area contributed by atoms with Crippen molar-refractivity contribution in [2.24, 2.45) is 4.99 Å². The van der Waals surface area contributed by atoms with Crippen molar-refractivity contribution in [2.75, 3.05) is 20.6 Å². The van der Waals surface area contributed by atoms with Gasteiger partial charge in [0.15, 0.2) is 5.17 Å². The number of aryl methyl sites for hydroxylation is 1. The molecule has 24 heavy (non-hydrogen) atoms. The molecule has 0 aromatic heterocycles. The highest BCUT2D eigenvalue weighted by Gasteiger charge is 2.42. The van der Waals surface area contributed by atoms with Gasteiger partial charge in [-0.15, -0.1) is 6.58 Å². The molecule has 0 N–H and O–H groups in total. The molecular weight excluding hydrogens is 346 g/mol. The minimum absolute atomic E-state index is 0.0551. The fourth-order valence-electron chi connectivity index (χ4n) is 1.95. The number of hydrogen-bond acceptors (Lipinski definition) is 6. The maximum atomic E-state index is 12.9. The zero-order valence-electron chi connectivity index (χ0n) is 13.8. The highest BCUT2D eigenvalue weighted by molar-refractivity contribution is 8.19. The summed E-state index contributed by atoms with van der Waals surface area (Å²) < 4.78 is 26.6. The van der Waals surface area contributed by atoms with Crippen LogP contribution in [0.1, 0.15) is 5.56 Å². The van der Waals surface area contributed by atoms with Crippen molar-refractivity contribution in [1.29, 1.82) is 0 Å². The number of amides is 1. The molecule has 0 spiro atoms. The number of amidine groups is 1. The monoisotopic (exact) mass is 365 g/mol. The molecule has 128 valence electrons. The average molecular weight is 365 g/mol. The Labute approximate surface area is 146 Å². The van der Waals surface area contributed by atoms with Gasteiger partial charge in [-0.1, -0.05) is 23.8 Å². The zero-order chi connectivity index (χ0) is 17.9. The summed E-state index contributed by atoms with van der Waals surface area (Å²) in [6.07, 6.45) is 3.13. The molecule has 1 aromatic carbocycles. The third-order valence-corrected chi connectivity index (χ3v) is 5.86. The maximum Gasteiger partial charge on any atom is 0.282 e. The van der Waals surface area contributed by atoms with E-state index in [1.165, 1.54) is 12.1 Å². The number of rotatable bonds is 5. The zero-order valence-corrected chi connectivity index (χ0v) is 15.4. The molecule has 1 saturated heterocycles. The molecule has 8 heteroatoms. The molecule has 1 amide bonds. The first-order chi connectivity index (χ1) is 11.3. The lowest BCUT2D eigenvalue weighted by Gasteiger charge is -2.16. The van der Waals surface area contributed by atoms with Crippen LogP contribution in [-0.4, -0.2) is 49.3 Å². The lowest BCUT2D eigenvalue weighted by Crippen LogP contribution is -2.35. The van der Waals surface area contributed by atoms with E-state index in [4.69, 9.17) is 0 Å². The topological polar surface area (TPSA) is 70.1 Å². The lowest BCUT2D eigenvalue weighted by atomic mass is 10.2. The van der Waals surface area contributed by atoms with E-state index in [2.05, 4.69) is 11.6 Å². The van der Waals surface area contributed by atoms with E-state index in [9.17, 15) is 13.2 Å². The first kappa shape index (κ1) is 18.3. The first-order valence-electron chi connectivity index (χ1n) is 7.15. The summed E-state index contributed by atoms with van der Waals surface area (Å²) >= 11 is 1.04. The lowest BCUT2D eigenvalue weighted by molar-refractivity contribution is -0.119. The number of sulfonamides is 1. The summed E-state index contributed by atoms with van der Waals surface area (Å²) in [5.41, 5.74) is 0.935. The van der Waals surface area contributed by atoms with E-state index in [-0.39, 0.29) is 16.6 Å². The van der Waals surface area contributed by atoms with E-state index in [0.717, 1.165) is 21.6 Å². The Hall–Kier alpha value is -2.06. The van der Waals surface area contributed by atoms with E-state index in [1.54, 1.807) is 43.4 Å². The maximum absolute atomic E-state index is 12.9. The standard InChI is InChI=1S/C16H19N3O3S2/c1-5-10-17-16-19(15(20)14(23-16)11-18(3)4)24(21,22)13-8-6-12(2)7-9-13/h5-9,11H,1,10H2,2-4H3/b14-11+,17-16?. The van der Waals surface area contributed by atoms with Gasteiger partial charge < -0.3 is 4.90 Å². The van der Waals surface area contributed by atoms with Crippen molar-refractivity contribution in [3.63, 3.8) is 0 Å². The van der Waals surface area contributed by atoms with E-state index < -0.39 is 15.9 Å². The number of hydrogen-bond donors (Lipinski definition) is 0. The predicted molar refractivity (Wildman–Crippen MR) is 97.1 cm³/mol. The number of carbonyl (C=O) groups is 1. The molecule has 0 atom stereocenters. The van der Waals surface area contributed by atoms with Crippen molar-refractivity contribution < 1.29 is 13.2 Å². The fraction of sp³-hybridized carbons (Fsp3) is 0.250. The molecule has 0 aliphatic carbocycles. The largest absolute Gasteiger partial charge is 0.382 e. The highest BCUT2D eigenvalue weighted by atomic mass is 32.2. The van der Waals surface area contributed by atoms with Crippen LogP contribution in [0.2, 0.25) is 0 Å². The van der Waals surface area contributed by atoms with Gasteiger partial charge in [-0.25, -0.2) is 8.42 Å². The second kappa shape index (κ2) is 7.23. The van der Waals surface area contributed by atoms with Crippen LogP contribution < -0.4 is 0 Å². The quantitative estimate of drug-likeness (QED) is 0.591. The Morgan fingerprint density at radius 3 is 2.46 bits per heavy atom. The fourth-order valence-corrected chi connectivity index (χ4v) is 4.63. The number of carbonyl (C=O) groups excluding carboxylic acids is 1. The smallest absolute Gasteiger partial charge is 0.282 e. The number of nitrogens with zero attached hydrogens (tertiary/aromatic N) is 3. The van der Waals surface area contributed by atoms with Crippen LogP contribution in [0.5, 0.6) is 0 Å². The van der Waals surface area contributed by atoms with Crippen molar-refractivity contribution in [2.45, 2.75) is 11.8 Å². The Morgan fingerprint density at radius 2 is 1.92 bits per heavy atom. The van der Waals surface area contributed by atoms with Gasteiger partial charge in [0.25, 0.3) is 15.9 Å². The SMILES string of the molecule is C=CCN=C1S/C(=C/N(C)C)C(=O)N1S(=O)(=O)c1ccc(C)cc1. The summed E-state index contributed by atoms with van der Waals surface area (Å²) in [6.45, 7) is 5.66. The number of benzene rings is 1. The molecule has 1 aliphatic heterocycles. The minimum Gasteiger partial charge on any atom is -0.382 e. The van der Waals surface area contributed by atoms with Crippen LogP contribution in [0, 0.1) is 6.92 Å². The minimum atomic E-state index is -4.01. The number of thioether (sulfide) groups is 1. The van der Waals surface area contributed by atoms with Crippen molar-refractivity contribution in [3.8, 4) is 0 Å². The molecule has 0 saturated carbocycles. The molecule has 1 fully saturated rings. The van der Waals surface area contributed by atoms with Crippen molar-refractivity contribution >= 4 is 32.9 Å². The van der Waals surface area contributed by atoms with Gasteiger partial charge in [0.1, 0.15) is 0 Å². The van der Waals surface area contributed by atoms with Crippen LogP contribution in [0.4, 0.5) is 0 Å². The third kappa shape index (κ3) is 3.70. The molecule has 1 aromatic rings. The molecule has 1 heterocycles. The van der Waals surface area contributed by atoms with Gasteiger partial charge in [0.2, 0.25) is 0 Å². The third-order valence-electron chi connectivity index (χ3n) is 3.06. The highest BCUT2D eigenvalue weighted by Crippen LogP contribution is 2.35. The second-order valence-electron chi connectivity index (χ2n) is 5.36. The predicted octanol–water partition coefficient (Wildman–Crippen LogP) is 2.20. The first-order valence-corrected chi connectivity index (χ1v) is 9.41. The van der Waals surface area contributed by atoms with Crippen LogP contribution in [0.3, 0.4) is 0 Å². The van der Waals surface area contributed by atoms with Gasteiger partial charge in [-0.2, -0.15) is 4.31 Å². The van der Waals surface area contributed by atoms with E-state index >= 15 is 0 Å². The molecular formula is C16H19N3O3S2. The van der Waals surface area contributed by atoms with Crippen molar-refractivity contribution in [3.05, 3.63) is 53.6 Å². The molecule has 0 radical (unpaired) electrons. The summed E-state index contributed by atoms with van der Waals surface area (Å²) in [4.78, 5) is 18.8. The Balaban J connectivity index is 2.52. The normalized spacial score (nSPS) is 18.5. The molecule has 0 unspecified atom stereocenters. The number of aliphatic imine (C=N–C) groups is 1. The summed E-state index contributed by atoms with van der Waals surface area (Å²) in [7, 11) is -0.490. The Morgan fingerprint density at radius 1 is 1.29 bits per heavy atom. The summed E-state index contributed by atoms with van der Waals surface area (Å²) in [5, 5.41) is 0.133. The molecule has 2 rings (SSSR count). The van der Waals surface area contributed by atoms with Crippen LogP contribution in [0.25, 0.3) is 0 Å². The molecule has 0 bridgehead atoms. The van der Waals surface area contributed by atoms with E-state index in [0.29, 0.717) is 4.91 Å². The van der Waals surface area contributed by atoms with Crippen LogP contribution in [0.15, 0.2) is 57.9 Å². The summed E-state index contributed by atoms with van der Waals surface area (Å²) in [5.74, 6) is -0.600. The Kier molecular flexibility index (Phi) is 5.51. The van der Waals surface area contributed by atoms with E-state index in [1.807, 2.05) is 6.92 Å². The Bertz CT molecular complexity index is 809. The van der Waals surface area contributed by atoms with Crippen LogP contribution in [-0.2, 0) is 14.8 Å². The summed E-state index contributed by atoms with van der Waals surface area (Å²) in [6, 6.07) is 6.36. The second-order valence-corrected chi connectivity index (χ2v) is 8.15. The van der Waals surface area contributed by atoms with Gasteiger partial charge >= 0.3 is 0 Å². The molecule has 1 aliphatic rings. The van der Waals surface area contributed by atoms with Gasteiger partial charge in [-0.05, 0) is 30.8 Å².